The third-order valence-corrected chi connectivity index (χ3v) is 1.62. The molecule has 0 aliphatic rings. The van der Waals surface area contributed by atoms with Gasteiger partial charge < -0.3 is 10.1 Å². The van der Waals surface area contributed by atoms with Gasteiger partial charge in [-0.05, 0) is 32.5 Å². The van der Waals surface area contributed by atoms with Crippen LogP contribution in [0.3, 0.4) is 0 Å². The van der Waals surface area contributed by atoms with Gasteiger partial charge in [-0.15, -0.1) is 0 Å². The van der Waals surface area contributed by atoms with Crippen LogP contribution in [-0.4, -0.2) is 30.2 Å². The van der Waals surface area contributed by atoms with Crippen LogP contribution in [0.15, 0.2) is 12.4 Å². The minimum absolute atomic E-state index is 0.454. The van der Waals surface area contributed by atoms with Crippen LogP contribution in [0.5, 0.6) is 6.01 Å². The van der Waals surface area contributed by atoms with Crippen LogP contribution in [-0.2, 0) is 6.42 Å². The Bertz CT molecular complexity index is 235. The van der Waals surface area contributed by atoms with Crippen molar-refractivity contribution in [3.05, 3.63) is 18.0 Å². The van der Waals surface area contributed by atoms with Gasteiger partial charge in [0, 0.05) is 12.4 Å². The van der Waals surface area contributed by atoms with Crippen molar-refractivity contribution in [2.45, 2.75) is 13.3 Å². The van der Waals surface area contributed by atoms with Gasteiger partial charge in [0.05, 0.1) is 6.61 Å². The average molecular weight is 181 g/mol. The monoisotopic (exact) mass is 181 g/mol. The fraction of sp³-hybridized carbons (Fsp3) is 0.556. The largest absolute Gasteiger partial charge is 0.464 e. The first kappa shape index (κ1) is 9.92. The van der Waals surface area contributed by atoms with E-state index in [2.05, 4.69) is 15.3 Å². The highest BCUT2D eigenvalue weighted by Crippen LogP contribution is 2.02. The van der Waals surface area contributed by atoms with E-state index in [1.54, 1.807) is 12.4 Å². The molecule has 0 saturated carbocycles. The Labute approximate surface area is 78.4 Å². The third-order valence-electron chi connectivity index (χ3n) is 1.62. The van der Waals surface area contributed by atoms with E-state index < -0.39 is 0 Å². The minimum Gasteiger partial charge on any atom is -0.464 e. The van der Waals surface area contributed by atoms with Gasteiger partial charge in [-0.1, -0.05) is 0 Å². The minimum atomic E-state index is 0.454. The summed E-state index contributed by atoms with van der Waals surface area (Å²) < 4.78 is 5.13. The predicted molar refractivity (Wildman–Crippen MR) is 50.8 cm³/mol. The second-order valence-corrected chi connectivity index (χ2v) is 2.66. The number of nitrogens with zero attached hydrogens (tertiary/aromatic N) is 2. The zero-order valence-electron chi connectivity index (χ0n) is 8.08. The summed E-state index contributed by atoms with van der Waals surface area (Å²) >= 11 is 0. The van der Waals surface area contributed by atoms with Gasteiger partial charge in [-0.25, -0.2) is 9.97 Å². The van der Waals surface area contributed by atoms with Crippen LogP contribution in [0, 0.1) is 0 Å². The van der Waals surface area contributed by atoms with Gasteiger partial charge in [-0.2, -0.15) is 0 Å². The molecule has 0 aliphatic heterocycles. The molecule has 0 bridgehead atoms. The quantitative estimate of drug-likeness (QED) is 0.724. The van der Waals surface area contributed by atoms with Crippen molar-refractivity contribution in [2.75, 3.05) is 20.2 Å². The average Bonchev–Trinajstić information content (AvgIpc) is 2.17. The van der Waals surface area contributed by atoms with Crippen LogP contribution in [0.25, 0.3) is 0 Å². The summed E-state index contributed by atoms with van der Waals surface area (Å²) in [6.45, 7) is 3.46. The molecule has 13 heavy (non-hydrogen) atoms. The van der Waals surface area contributed by atoms with Gasteiger partial charge >= 0.3 is 6.01 Å². The lowest BCUT2D eigenvalue weighted by molar-refractivity contribution is 0.312. The summed E-state index contributed by atoms with van der Waals surface area (Å²) in [5, 5.41) is 3.07. The number of rotatable bonds is 5. The summed E-state index contributed by atoms with van der Waals surface area (Å²) in [7, 11) is 1.93. The molecule has 1 rings (SSSR count). The number of likely N-dealkylation sites (N-methyl/N-ethyl adjacent to an activating group) is 1. The highest BCUT2D eigenvalue weighted by molar-refractivity contribution is 5.07. The summed E-state index contributed by atoms with van der Waals surface area (Å²) in [4.78, 5) is 8.12. The SMILES string of the molecule is CCOc1ncc(CCNC)cn1. The molecule has 0 saturated heterocycles. The molecule has 0 spiro atoms. The molecule has 0 amide bonds. The molecule has 4 heteroatoms. The molecule has 0 radical (unpaired) electrons. The Morgan fingerprint density at radius 2 is 2.08 bits per heavy atom. The first-order chi connectivity index (χ1) is 6.36. The van der Waals surface area contributed by atoms with Crippen molar-refractivity contribution in [3.63, 3.8) is 0 Å². The topological polar surface area (TPSA) is 47.0 Å². The lowest BCUT2D eigenvalue weighted by atomic mass is 10.2. The number of aromatic nitrogens is 2. The van der Waals surface area contributed by atoms with Gasteiger partial charge in [0.2, 0.25) is 0 Å². The predicted octanol–water partition coefficient (Wildman–Crippen LogP) is 0.637. The third kappa shape index (κ3) is 3.38. The van der Waals surface area contributed by atoms with E-state index in [-0.39, 0.29) is 0 Å². The number of nitrogens with one attached hydrogen (secondary N) is 1. The molecule has 0 aliphatic carbocycles. The van der Waals surface area contributed by atoms with Crippen molar-refractivity contribution < 1.29 is 4.74 Å². The maximum absolute atomic E-state index is 5.13. The Morgan fingerprint density at radius 3 is 2.62 bits per heavy atom. The van der Waals surface area contributed by atoms with Crippen LogP contribution in [0.4, 0.5) is 0 Å². The van der Waals surface area contributed by atoms with E-state index in [1.807, 2.05) is 14.0 Å². The molecule has 1 heterocycles. The van der Waals surface area contributed by atoms with Gasteiger partial charge in [0.1, 0.15) is 0 Å². The molecule has 1 aromatic rings. The molecular weight excluding hydrogens is 166 g/mol. The molecule has 4 nitrogen and oxygen atoms in total. The number of hydrogen-bond acceptors (Lipinski definition) is 4. The summed E-state index contributed by atoms with van der Waals surface area (Å²) in [5.74, 6) is 0. The van der Waals surface area contributed by atoms with Crippen molar-refractivity contribution in [1.82, 2.24) is 15.3 Å². The van der Waals surface area contributed by atoms with E-state index in [9.17, 15) is 0 Å². The first-order valence-electron chi connectivity index (χ1n) is 4.45. The van der Waals surface area contributed by atoms with Gasteiger partial charge in [0.15, 0.2) is 0 Å². The molecule has 0 aromatic carbocycles. The lowest BCUT2D eigenvalue weighted by Crippen LogP contribution is -2.10. The Balaban J connectivity index is 2.48. The van der Waals surface area contributed by atoms with Crippen LogP contribution in [0.1, 0.15) is 12.5 Å². The number of hydrogen-bond donors (Lipinski definition) is 1. The van der Waals surface area contributed by atoms with Crippen molar-refractivity contribution >= 4 is 0 Å². The summed E-state index contributed by atoms with van der Waals surface area (Å²) in [6, 6.07) is 0.454. The van der Waals surface area contributed by atoms with Crippen LogP contribution >= 0.6 is 0 Å². The van der Waals surface area contributed by atoms with Crippen LogP contribution < -0.4 is 10.1 Å². The highest BCUT2D eigenvalue weighted by atomic mass is 16.5. The Hall–Kier alpha value is -1.16. The van der Waals surface area contributed by atoms with E-state index in [0.717, 1.165) is 18.5 Å². The molecule has 0 atom stereocenters. The molecule has 72 valence electrons. The van der Waals surface area contributed by atoms with Crippen molar-refractivity contribution in [2.24, 2.45) is 0 Å². The zero-order chi connectivity index (χ0) is 9.52. The Morgan fingerprint density at radius 1 is 1.38 bits per heavy atom. The zero-order valence-corrected chi connectivity index (χ0v) is 8.08. The normalized spacial score (nSPS) is 10.0. The second kappa shape index (κ2) is 5.48. The first-order valence-corrected chi connectivity index (χ1v) is 4.45. The second-order valence-electron chi connectivity index (χ2n) is 2.66. The maximum atomic E-state index is 5.13. The smallest absolute Gasteiger partial charge is 0.316 e. The van der Waals surface area contributed by atoms with Gasteiger partial charge in [0.25, 0.3) is 0 Å². The molecule has 0 unspecified atom stereocenters. The van der Waals surface area contributed by atoms with E-state index in [1.165, 1.54) is 0 Å². The highest BCUT2D eigenvalue weighted by Gasteiger charge is 1.96. The van der Waals surface area contributed by atoms with Crippen molar-refractivity contribution in [1.29, 1.82) is 0 Å². The standard InChI is InChI=1S/C9H15N3O/c1-3-13-9-11-6-8(7-12-9)4-5-10-2/h6-7,10H,3-5H2,1-2H3. The summed E-state index contributed by atoms with van der Waals surface area (Å²) in [6.07, 6.45) is 4.55. The Kier molecular flexibility index (Phi) is 4.18. The van der Waals surface area contributed by atoms with E-state index in [0.29, 0.717) is 12.6 Å². The fourth-order valence-corrected chi connectivity index (χ4v) is 0.945. The number of ether oxygens (including phenoxy) is 1. The lowest BCUT2D eigenvalue weighted by Gasteiger charge is -2.02. The molecule has 1 N–H and O–H groups in total. The molecule has 1 aromatic heterocycles. The van der Waals surface area contributed by atoms with Crippen LogP contribution in [0.2, 0.25) is 0 Å². The van der Waals surface area contributed by atoms with Crippen molar-refractivity contribution in [3.8, 4) is 6.01 Å². The van der Waals surface area contributed by atoms with E-state index >= 15 is 0 Å². The fourth-order valence-electron chi connectivity index (χ4n) is 0.945. The molecule has 0 fully saturated rings. The van der Waals surface area contributed by atoms with E-state index in [4.69, 9.17) is 4.74 Å². The summed E-state index contributed by atoms with van der Waals surface area (Å²) in [5.41, 5.74) is 1.12. The van der Waals surface area contributed by atoms with Gasteiger partial charge in [-0.3, -0.25) is 0 Å². The maximum Gasteiger partial charge on any atom is 0.316 e. The molecular formula is C9H15N3O.